The first-order valence-corrected chi connectivity index (χ1v) is 5.84. The number of urea groups is 1. The van der Waals surface area contributed by atoms with Crippen LogP contribution in [-0.2, 0) is 0 Å². The lowest BCUT2D eigenvalue weighted by Gasteiger charge is -2.32. The zero-order chi connectivity index (χ0) is 11.5. The minimum absolute atomic E-state index is 0.0138. The molecule has 0 heterocycles. The highest BCUT2D eigenvalue weighted by molar-refractivity contribution is 5.75. The molecular weight excluding hydrogens is 190 g/mol. The van der Waals surface area contributed by atoms with Gasteiger partial charge < -0.3 is 16.0 Å². The van der Waals surface area contributed by atoms with Gasteiger partial charge in [0.05, 0.1) is 5.54 Å². The molecule has 1 aliphatic rings. The molecule has 88 valence electrons. The highest BCUT2D eigenvalue weighted by Gasteiger charge is 2.41. The lowest BCUT2D eigenvalue weighted by Crippen LogP contribution is -2.56. The van der Waals surface area contributed by atoms with Gasteiger partial charge in [0, 0.05) is 19.6 Å². The molecule has 0 bridgehead atoms. The molecule has 0 radical (unpaired) electrons. The van der Waals surface area contributed by atoms with Gasteiger partial charge in [-0.2, -0.15) is 0 Å². The van der Waals surface area contributed by atoms with E-state index >= 15 is 0 Å². The number of nitrogens with zero attached hydrogens (tertiary/aromatic N) is 1. The van der Waals surface area contributed by atoms with Gasteiger partial charge in [-0.1, -0.05) is 0 Å². The van der Waals surface area contributed by atoms with Crippen LogP contribution in [-0.4, -0.2) is 36.1 Å². The van der Waals surface area contributed by atoms with Crippen LogP contribution < -0.4 is 11.1 Å². The standard InChI is InChI=1S/C11H23N3O/c1-4-14(5-2)10(15)13-11(3,8-12)9-6-7-9/h9H,4-8,12H2,1-3H3,(H,13,15). The molecular formula is C11H23N3O. The second kappa shape index (κ2) is 4.84. The largest absolute Gasteiger partial charge is 0.331 e. The predicted octanol–water partition coefficient (Wildman–Crippen LogP) is 1.17. The SMILES string of the molecule is CCN(CC)C(=O)NC(C)(CN)C1CC1. The van der Waals surface area contributed by atoms with Crippen molar-refractivity contribution in [3.63, 3.8) is 0 Å². The number of carbonyl (C=O) groups is 1. The minimum Gasteiger partial charge on any atom is -0.331 e. The zero-order valence-electron chi connectivity index (χ0n) is 10.0. The van der Waals surface area contributed by atoms with Crippen molar-refractivity contribution >= 4 is 6.03 Å². The number of amides is 2. The quantitative estimate of drug-likeness (QED) is 0.720. The van der Waals surface area contributed by atoms with Crippen molar-refractivity contribution in [2.75, 3.05) is 19.6 Å². The van der Waals surface area contributed by atoms with Gasteiger partial charge in [-0.05, 0) is 39.5 Å². The van der Waals surface area contributed by atoms with Gasteiger partial charge >= 0.3 is 6.03 Å². The molecule has 0 aromatic rings. The fourth-order valence-electron chi connectivity index (χ4n) is 1.87. The summed E-state index contributed by atoms with van der Waals surface area (Å²) in [5, 5.41) is 3.07. The Morgan fingerprint density at radius 3 is 2.33 bits per heavy atom. The van der Waals surface area contributed by atoms with Gasteiger partial charge in [0.15, 0.2) is 0 Å². The van der Waals surface area contributed by atoms with E-state index in [1.54, 1.807) is 4.90 Å². The van der Waals surface area contributed by atoms with E-state index in [9.17, 15) is 4.79 Å². The van der Waals surface area contributed by atoms with E-state index in [-0.39, 0.29) is 11.6 Å². The Morgan fingerprint density at radius 1 is 1.47 bits per heavy atom. The van der Waals surface area contributed by atoms with Crippen LogP contribution in [0.1, 0.15) is 33.6 Å². The topological polar surface area (TPSA) is 58.4 Å². The lowest BCUT2D eigenvalue weighted by molar-refractivity contribution is 0.186. The van der Waals surface area contributed by atoms with Crippen LogP contribution in [0.15, 0.2) is 0 Å². The van der Waals surface area contributed by atoms with Crippen molar-refractivity contribution in [3.8, 4) is 0 Å². The zero-order valence-corrected chi connectivity index (χ0v) is 10.0. The highest BCUT2D eigenvalue weighted by Crippen LogP contribution is 2.38. The van der Waals surface area contributed by atoms with Crippen molar-refractivity contribution in [2.45, 2.75) is 39.2 Å². The third kappa shape index (κ3) is 2.84. The summed E-state index contributed by atoms with van der Waals surface area (Å²) in [6.07, 6.45) is 2.37. The van der Waals surface area contributed by atoms with Gasteiger partial charge in [-0.25, -0.2) is 4.79 Å². The summed E-state index contributed by atoms with van der Waals surface area (Å²) in [4.78, 5) is 13.7. The Kier molecular flexibility index (Phi) is 3.97. The Bertz CT molecular complexity index is 224. The normalized spacial score (nSPS) is 19.5. The van der Waals surface area contributed by atoms with E-state index < -0.39 is 0 Å². The van der Waals surface area contributed by atoms with E-state index in [2.05, 4.69) is 5.32 Å². The number of carbonyl (C=O) groups excluding carboxylic acids is 1. The van der Waals surface area contributed by atoms with Crippen molar-refractivity contribution in [1.82, 2.24) is 10.2 Å². The summed E-state index contributed by atoms with van der Waals surface area (Å²) in [5.41, 5.74) is 5.54. The first-order valence-electron chi connectivity index (χ1n) is 5.84. The van der Waals surface area contributed by atoms with Gasteiger partial charge in [0.2, 0.25) is 0 Å². The monoisotopic (exact) mass is 213 g/mol. The van der Waals surface area contributed by atoms with Crippen molar-refractivity contribution in [1.29, 1.82) is 0 Å². The fraction of sp³-hybridized carbons (Fsp3) is 0.909. The average Bonchev–Trinajstić information content (AvgIpc) is 3.03. The molecule has 0 aliphatic heterocycles. The summed E-state index contributed by atoms with van der Waals surface area (Å²) in [6.45, 7) is 8.03. The second-order valence-electron chi connectivity index (χ2n) is 4.50. The van der Waals surface area contributed by atoms with Gasteiger partial charge in [0.25, 0.3) is 0 Å². The number of nitrogens with one attached hydrogen (secondary N) is 1. The third-order valence-electron chi connectivity index (χ3n) is 3.35. The van der Waals surface area contributed by atoms with Crippen LogP contribution in [0.2, 0.25) is 0 Å². The number of hydrogen-bond acceptors (Lipinski definition) is 2. The molecule has 2 amide bonds. The lowest BCUT2D eigenvalue weighted by atomic mass is 9.96. The Balaban J connectivity index is 2.54. The molecule has 1 unspecified atom stereocenters. The molecule has 0 aromatic heterocycles. The Morgan fingerprint density at radius 2 is 2.00 bits per heavy atom. The predicted molar refractivity (Wildman–Crippen MR) is 61.6 cm³/mol. The molecule has 15 heavy (non-hydrogen) atoms. The first kappa shape index (κ1) is 12.3. The van der Waals surface area contributed by atoms with Crippen LogP contribution in [0.3, 0.4) is 0 Å². The van der Waals surface area contributed by atoms with Crippen LogP contribution in [0.4, 0.5) is 4.79 Å². The molecule has 1 atom stereocenters. The van der Waals surface area contributed by atoms with Crippen LogP contribution >= 0.6 is 0 Å². The van der Waals surface area contributed by atoms with Crippen molar-refractivity contribution < 1.29 is 4.79 Å². The van der Waals surface area contributed by atoms with E-state index in [1.807, 2.05) is 20.8 Å². The average molecular weight is 213 g/mol. The smallest absolute Gasteiger partial charge is 0.317 e. The Hall–Kier alpha value is -0.770. The second-order valence-corrected chi connectivity index (χ2v) is 4.50. The summed E-state index contributed by atoms with van der Waals surface area (Å²) >= 11 is 0. The third-order valence-corrected chi connectivity index (χ3v) is 3.35. The fourth-order valence-corrected chi connectivity index (χ4v) is 1.87. The summed E-state index contributed by atoms with van der Waals surface area (Å²) in [5.74, 6) is 0.571. The van der Waals surface area contributed by atoms with Crippen molar-refractivity contribution in [3.05, 3.63) is 0 Å². The molecule has 0 spiro atoms. The molecule has 1 rings (SSSR count). The van der Waals surface area contributed by atoms with E-state index in [4.69, 9.17) is 5.73 Å². The molecule has 1 aliphatic carbocycles. The molecule has 4 nitrogen and oxygen atoms in total. The molecule has 4 heteroatoms. The van der Waals surface area contributed by atoms with Gasteiger partial charge in [0.1, 0.15) is 0 Å². The minimum atomic E-state index is -0.209. The summed E-state index contributed by atoms with van der Waals surface area (Å²) in [7, 11) is 0. The summed E-state index contributed by atoms with van der Waals surface area (Å²) in [6, 6.07) is 0.0138. The highest BCUT2D eigenvalue weighted by atomic mass is 16.2. The van der Waals surface area contributed by atoms with Gasteiger partial charge in [-0.3, -0.25) is 0 Å². The van der Waals surface area contributed by atoms with Crippen LogP contribution in [0.5, 0.6) is 0 Å². The van der Waals surface area contributed by atoms with Gasteiger partial charge in [-0.15, -0.1) is 0 Å². The molecule has 1 fully saturated rings. The molecule has 3 N–H and O–H groups in total. The summed E-state index contributed by atoms with van der Waals surface area (Å²) < 4.78 is 0. The maximum Gasteiger partial charge on any atom is 0.317 e. The molecule has 1 saturated carbocycles. The first-order chi connectivity index (χ1) is 7.07. The molecule has 0 saturated heterocycles. The maximum absolute atomic E-state index is 11.9. The molecule has 0 aromatic carbocycles. The van der Waals surface area contributed by atoms with E-state index in [1.165, 1.54) is 12.8 Å². The number of hydrogen-bond donors (Lipinski definition) is 2. The number of rotatable bonds is 5. The van der Waals surface area contributed by atoms with E-state index in [0.717, 1.165) is 13.1 Å². The van der Waals surface area contributed by atoms with Crippen molar-refractivity contribution in [2.24, 2.45) is 11.7 Å². The van der Waals surface area contributed by atoms with Crippen LogP contribution in [0.25, 0.3) is 0 Å². The maximum atomic E-state index is 11.9. The van der Waals surface area contributed by atoms with Crippen LogP contribution in [0, 0.1) is 5.92 Å². The van der Waals surface area contributed by atoms with E-state index in [0.29, 0.717) is 12.5 Å². The Labute approximate surface area is 92.2 Å². The number of nitrogens with two attached hydrogens (primary N) is 1.